The van der Waals surface area contributed by atoms with Gasteiger partial charge in [-0.25, -0.2) is 4.79 Å². The Kier molecular flexibility index (Phi) is 6.95. The number of fused-ring (bicyclic) bond motifs is 1. The Labute approximate surface area is 166 Å². The Balaban J connectivity index is 1.55. The van der Waals surface area contributed by atoms with Crippen LogP contribution >= 0.6 is 0 Å². The van der Waals surface area contributed by atoms with Gasteiger partial charge in [0.1, 0.15) is 11.5 Å². The SMILES string of the molecule is COc1ccc(OC)c(/C=C/C(=O)OCC(=O)N2CCC[C@@H]3CCCC[C@@H]32)c1. The number of carbonyl (C=O) groups is 2. The van der Waals surface area contributed by atoms with Gasteiger partial charge in [-0.15, -0.1) is 0 Å². The van der Waals surface area contributed by atoms with E-state index in [2.05, 4.69) is 0 Å². The lowest BCUT2D eigenvalue weighted by atomic mass is 9.78. The van der Waals surface area contributed by atoms with E-state index in [4.69, 9.17) is 14.2 Å². The number of likely N-dealkylation sites (tertiary alicyclic amines) is 1. The Bertz CT molecular complexity index is 728. The van der Waals surface area contributed by atoms with Crippen LogP contribution in [-0.2, 0) is 14.3 Å². The molecule has 2 fully saturated rings. The lowest BCUT2D eigenvalue weighted by Crippen LogP contribution is -2.50. The molecular formula is C22H29NO5. The molecule has 1 aliphatic carbocycles. The van der Waals surface area contributed by atoms with Crippen molar-refractivity contribution in [3.8, 4) is 11.5 Å². The van der Waals surface area contributed by atoms with Gasteiger partial charge in [-0.05, 0) is 55.9 Å². The molecule has 1 aliphatic heterocycles. The van der Waals surface area contributed by atoms with Crippen LogP contribution in [0.4, 0.5) is 0 Å². The van der Waals surface area contributed by atoms with Crippen molar-refractivity contribution in [2.45, 2.75) is 44.6 Å². The third kappa shape index (κ3) is 4.86. The summed E-state index contributed by atoms with van der Waals surface area (Å²) in [7, 11) is 3.14. The highest BCUT2D eigenvalue weighted by molar-refractivity contribution is 5.89. The van der Waals surface area contributed by atoms with Gasteiger partial charge in [0, 0.05) is 24.2 Å². The van der Waals surface area contributed by atoms with Crippen LogP contribution in [0.5, 0.6) is 11.5 Å². The predicted octanol–water partition coefficient (Wildman–Crippen LogP) is 3.44. The normalized spacial score (nSPS) is 21.9. The second kappa shape index (κ2) is 9.62. The van der Waals surface area contributed by atoms with Crippen LogP contribution in [0.2, 0.25) is 0 Å². The molecule has 2 aliphatic rings. The Morgan fingerprint density at radius 1 is 1.11 bits per heavy atom. The molecule has 0 unspecified atom stereocenters. The van der Waals surface area contributed by atoms with Crippen LogP contribution in [-0.4, -0.2) is 50.2 Å². The van der Waals surface area contributed by atoms with Gasteiger partial charge < -0.3 is 19.1 Å². The third-order valence-corrected chi connectivity index (χ3v) is 5.74. The predicted molar refractivity (Wildman–Crippen MR) is 106 cm³/mol. The van der Waals surface area contributed by atoms with Crippen molar-refractivity contribution in [2.24, 2.45) is 5.92 Å². The summed E-state index contributed by atoms with van der Waals surface area (Å²) < 4.78 is 15.7. The molecule has 2 atom stereocenters. The molecular weight excluding hydrogens is 358 g/mol. The van der Waals surface area contributed by atoms with Gasteiger partial charge in [-0.3, -0.25) is 4.79 Å². The fourth-order valence-electron chi connectivity index (χ4n) is 4.33. The molecule has 0 bridgehead atoms. The second-order valence-electron chi connectivity index (χ2n) is 7.39. The monoisotopic (exact) mass is 387 g/mol. The van der Waals surface area contributed by atoms with Gasteiger partial charge in [0.25, 0.3) is 5.91 Å². The number of amides is 1. The van der Waals surface area contributed by atoms with Crippen molar-refractivity contribution in [3.05, 3.63) is 29.8 Å². The number of ether oxygens (including phenoxy) is 3. The van der Waals surface area contributed by atoms with Crippen LogP contribution in [0.3, 0.4) is 0 Å². The highest BCUT2D eigenvalue weighted by Crippen LogP contribution is 2.35. The number of hydrogen-bond acceptors (Lipinski definition) is 5. The molecule has 1 amide bonds. The minimum Gasteiger partial charge on any atom is -0.497 e. The summed E-state index contributed by atoms with van der Waals surface area (Å²) in [6, 6.07) is 5.64. The number of carbonyl (C=O) groups excluding carboxylic acids is 2. The molecule has 0 N–H and O–H groups in total. The van der Waals surface area contributed by atoms with Crippen LogP contribution in [0.1, 0.15) is 44.1 Å². The maximum absolute atomic E-state index is 12.6. The molecule has 6 nitrogen and oxygen atoms in total. The van der Waals surface area contributed by atoms with E-state index >= 15 is 0 Å². The fraction of sp³-hybridized carbons (Fsp3) is 0.545. The number of rotatable bonds is 6. The minimum absolute atomic E-state index is 0.0858. The van der Waals surface area contributed by atoms with E-state index in [9.17, 15) is 9.59 Å². The molecule has 0 radical (unpaired) electrons. The van der Waals surface area contributed by atoms with Crippen molar-refractivity contribution in [1.82, 2.24) is 4.90 Å². The number of benzene rings is 1. The van der Waals surface area contributed by atoms with Crippen LogP contribution in [0.25, 0.3) is 6.08 Å². The summed E-state index contributed by atoms with van der Waals surface area (Å²) in [6.07, 6.45) is 9.87. The van der Waals surface area contributed by atoms with E-state index in [1.807, 2.05) is 4.90 Å². The molecule has 1 aromatic carbocycles. The standard InChI is InChI=1S/C22H29NO5/c1-26-18-10-11-20(27-2)17(14-18)9-12-22(25)28-15-21(24)23-13-5-7-16-6-3-4-8-19(16)23/h9-12,14,16,19H,3-8,13,15H2,1-2H3/b12-9+/t16-,19-/m0/s1. The van der Waals surface area contributed by atoms with Gasteiger partial charge in [0.15, 0.2) is 6.61 Å². The highest BCUT2D eigenvalue weighted by Gasteiger charge is 2.35. The molecule has 6 heteroatoms. The van der Waals surface area contributed by atoms with Gasteiger partial charge in [-0.2, -0.15) is 0 Å². The first-order valence-electron chi connectivity index (χ1n) is 9.98. The first kappa shape index (κ1) is 20.2. The molecule has 3 rings (SSSR count). The van der Waals surface area contributed by atoms with Gasteiger partial charge in [-0.1, -0.05) is 12.8 Å². The maximum Gasteiger partial charge on any atom is 0.331 e. The van der Waals surface area contributed by atoms with Crippen molar-refractivity contribution >= 4 is 18.0 Å². The molecule has 1 saturated heterocycles. The zero-order chi connectivity index (χ0) is 19.9. The number of hydrogen-bond donors (Lipinski definition) is 0. The maximum atomic E-state index is 12.6. The topological polar surface area (TPSA) is 65.1 Å². The lowest BCUT2D eigenvalue weighted by Gasteiger charge is -2.44. The van der Waals surface area contributed by atoms with Gasteiger partial charge >= 0.3 is 5.97 Å². The van der Waals surface area contributed by atoms with Crippen molar-refractivity contribution in [3.63, 3.8) is 0 Å². The average Bonchev–Trinajstić information content (AvgIpc) is 2.75. The second-order valence-corrected chi connectivity index (χ2v) is 7.39. The minimum atomic E-state index is -0.546. The highest BCUT2D eigenvalue weighted by atomic mass is 16.5. The summed E-state index contributed by atoms with van der Waals surface area (Å²) in [5, 5.41) is 0. The van der Waals surface area contributed by atoms with Crippen molar-refractivity contribution in [1.29, 1.82) is 0 Å². The largest absolute Gasteiger partial charge is 0.497 e. The Hall–Kier alpha value is -2.50. The number of esters is 1. The zero-order valence-electron chi connectivity index (χ0n) is 16.7. The fourth-order valence-corrected chi connectivity index (χ4v) is 4.33. The quantitative estimate of drug-likeness (QED) is 0.553. The van der Waals surface area contributed by atoms with E-state index in [-0.39, 0.29) is 12.5 Å². The smallest absolute Gasteiger partial charge is 0.331 e. The summed E-state index contributed by atoms with van der Waals surface area (Å²) in [6.45, 7) is 0.566. The zero-order valence-corrected chi connectivity index (χ0v) is 16.7. The van der Waals surface area contributed by atoms with E-state index in [0.29, 0.717) is 29.0 Å². The first-order valence-corrected chi connectivity index (χ1v) is 9.98. The average molecular weight is 387 g/mol. The molecule has 1 aromatic rings. The summed E-state index contributed by atoms with van der Waals surface area (Å²) in [4.78, 5) is 26.6. The van der Waals surface area contributed by atoms with Gasteiger partial charge in [0.2, 0.25) is 0 Å². The number of piperidine rings is 1. The van der Waals surface area contributed by atoms with Gasteiger partial charge in [0.05, 0.1) is 14.2 Å². The molecule has 1 saturated carbocycles. The molecule has 0 spiro atoms. The number of methoxy groups -OCH3 is 2. The van der Waals surface area contributed by atoms with Crippen molar-refractivity contribution in [2.75, 3.05) is 27.4 Å². The molecule has 28 heavy (non-hydrogen) atoms. The molecule has 0 aromatic heterocycles. The van der Waals surface area contributed by atoms with E-state index in [1.54, 1.807) is 38.5 Å². The summed E-state index contributed by atoms with van der Waals surface area (Å²) >= 11 is 0. The van der Waals surface area contributed by atoms with E-state index in [1.165, 1.54) is 31.8 Å². The van der Waals surface area contributed by atoms with E-state index in [0.717, 1.165) is 19.4 Å². The summed E-state index contributed by atoms with van der Waals surface area (Å²) in [5.41, 5.74) is 0.700. The Morgan fingerprint density at radius 2 is 1.89 bits per heavy atom. The summed E-state index contributed by atoms with van der Waals surface area (Å²) in [5.74, 6) is 1.27. The van der Waals surface area contributed by atoms with E-state index < -0.39 is 5.97 Å². The van der Waals surface area contributed by atoms with Crippen LogP contribution < -0.4 is 9.47 Å². The first-order chi connectivity index (χ1) is 13.6. The van der Waals surface area contributed by atoms with Crippen molar-refractivity contribution < 1.29 is 23.8 Å². The van der Waals surface area contributed by atoms with Crippen LogP contribution in [0.15, 0.2) is 24.3 Å². The molecule has 1 heterocycles. The third-order valence-electron chi connectivity index (χ3n) is 5.74. The Morgan fingerprint density at radius 3 is 2.68 bits per heavy atom. The molecule has 152 valence electrons. The number of nitrogens with zero attached hydrogens (tertiary/aromatic N) is 1. The lowest BCUT2D eigenvalue weighted by molar-refractivity contribution is -0.151. The van der Waals surface area contributed by atoms with Crippen LogP contribution in [0, 0.1) is 5.92 Å².